The molecule has 21 heavy (non-hydrogen) atoms. The fourth-order valence-corrected chi connectivity index (χ4v) is 2.89. The van der Waals surface area contributed by atoms with Gasteiger partial charge in [0.25, 0.3) is 0 Å². The second kappa shape index (κ2) is 5.65. The van der Waals surface area contributed by atoms with Gasteiger partial charge in [-0.3, -0.25) is 0 Å². The number of halogens is 3. The zero-order valence-electron chi connectivity index (χ0n) is 10.6. The minimum absolute atomic E-state index is 0.150. The van der Waals surface area contributed by atoms with Crippen molar-refractivity contribution in [1.82, 2.24) is 5.16 Å². The number of anilines is 1. The second-order valence-electron chi connectivity index (χ2n) is 4.40. The molecule has 0 atom stereocenters. The van der Waals surface area contributed by atoms with Gasteiger partial charge in [-0.25, -0.2) is 4.39 Å². The second-order valence-corrected chi connectivity index (χ2v) is 6.06. The highest BCUT2D eigenvalue weighted by atomic mass is 127. The van der Waals surface area contributed by atoms with Crippen molar-refractivity contribution >= 4 is 40.1 Å². The Labute approximate surface area is 139 Å². The number of hydrogen-bond donors (Lipinski definition) is 1. The van der Waals surface area contributed by atoms with E-state index >= 15 is 0 Å². The molecule has 0 radical (unpaired) electrons. The van der Waals surface area contributed by atoms with E-state index < -0.39 is 5.82 Å². The lowest BCUT2D eigenvalue weighted by atomic mass is 10.0. The summed E-state index contributed by atoms with van der Waals surface area (Å²) in [6, 6.07) is 11.9. The number of rotatable bonds is 2. The van der Waals surface area contributed by atoms with Crippen molar-refractivity contribution in [2.75, 3.05) is 5.73 Å². The molecular weight excluding hydrogens is 406 g/mol. The molecule has 0 aliphatic heterocycles. The van der Waals surface area contributed by atoms with Crippen LogP contribution in [-0.4, -0.2) is 5.16 Å². The third-order valence-corrected chi connectivity index (χ3v) is 4.00. The summed E-state index contributed by atoms with van der Waals surface area (Å²) < 4.78 is 19.4. The third kappa shape index (κ3) is 2.75. The summed E-state index contributed by atoms with van der Waals surface area (Å²) in [6.45, 7) is 0. The van der Waals surface area contributed by atoms with Crippen LogP contribution in [0.5, 0.6) is 0 Å². The largest absolute Gasteiger partial charge is 0.367 e. The Hall–Kier alpha value is -1.60. The Bertz CT molecular complexity index is 819. The molecule has 3 rings (SSSR count). The van der Waals surface area contributed by atoms with Gasteiger partial charge in [0.1, 0.15) is 11.5 Å². The molecule has 0 saturated heterocycles. The Morgan fingerprint density at radius 3 is 2.71 bits per heavy atom. The van der Waals surface area contributed by atoms with Gasteiger partial charge < -0.3 is 10.3 Å². The summed E-state index contributed by atoms with van der Waals surface area (Å²) in [6.07, 6.45) is 0. The molecule has 106 valence electrons. The van der Waals surface area contributed by atoms with Crippen LogP contribution in [0.25, 0.3) is 22.4 Å². The van der Waals surface area contributed by atoms with E-state index in [0.29, 0.717) is 16.8 Å². The summed E-state index contributed by atoms with van der Waals surface area (Å²) in [7, 11) is 0. The van der Waals surface area contributed by atoms with Gasteiger partial charge in [-0.05, 0) is 52.9 Å². The normalized spacial score (nSPS) is 10.8. The van der Waals surface area contributed by atoms with Gasteiger partial charge in [-0.2, -0.15) is 0 Å². The summed E-state index contributed by atoms with van der Waals surface area (Å²) >= 11 is 8.33. The standard InChI is InChI=1S/C15H9ClFIN2O/c16-12-7-9(17)4-5-11(12)13-14(20-21-15(13)19)8-2-1-3-10(18)6-8/h1-7H,19H2. The van der Waals surface area contributed by atoms with E-state index in [9.17, 15) is 4.39 Å². The number of nitrogens with two attached hydrogens (primary N) is 1. The molecular formula is C15H9ClFIN2O. The number of benzene rings is 2. The fourth-order valence-electron chi connectivity index (χ4n) is 2.09. The first-order valence-corrected chi connectivity index (χ1v) is 7.48. The van der Waals surface area contributed by atoms with Crippen molar-refractivity contribution < 1.29 is 8.91 Å². The van der Waals surface area contributed by atoms with E-state index in [2.05, 4.69) is 27.7 Å². The first-order valence-electron chi connectivity index (χ1n) is 6.03. The highest BCUT2D eigenvalue weighted by molar-refractivity contribution is 14.1. The van der Waals surface area contributed by atoms with Crippen LogP contribution in [0.3, 0.4) is 0 Å². The Morgan fingerprint density at radius 1 is 1.19 bits per heavy atom. The van der Waals surface area contributed by atoms with E-state index in [1.54, 1.807) is 6.07 Å². The maximum Gasteiger partial charge on any atom is 0.230 e. The summed E-state index contributed by atoms with van der Waals surface area (Å²) in [5.41, 5.74) is 8.47. The van der Waals surface area contributed by atoms with Crippen LogP contribution in [0, 0.1) is 9.39 Å². The van der Waals surface area contributed by atoms with Crippen molar-refractivity contribution in [1.29, 1.82) is 0 Å². The minimum atomic E-state index is -0.408. The molecule has 0 unspecified atom stereocenters. The highest BCUT2D eigenvalue weighted by Crippen LogP contribution is 2.39. The lowest BCUT2D eigenvalue weighted by Crippen LogP contribution is -1.90. The molecule has 2 N–H and O–H groups in total. The molecule has 0 saturated carbocycles. The van der Waals surface area contributed by atoms with Crippen LogP contribution >= 0.6 is 34.2 Å². The first-order chi connectivity index (χ1) is 10.1. The molecule has 1 heterocycles. The van der Waals surface area contributed by atoms with Gasteiger partial charge in [0, 0.05) is 14.7 Å². The fraction of sp³-hybridized carbons (Fsp3) is 0. The van der Waals surface area contributed by atoms with Gasteiger partial charge in [0.05, 0.1) is 10.6 Å². The van der Waals surface area contributed by atoms with Crippen LogP contribution in [0.15, 0.2) is 47.0 Å². The van der Waals surface area contributed by atoms with E-state index in [1.165, 1.54) is 12.1 Å². The van der Waals surface area contributed by atoms with Gasteiger partial charge in [0.15, 0.2) is 0 Å². The van der Waals surface area contributed by atoms with E-state index in [4.69, 9.17) is 21.9 Å². The number of hydrogen-bond acceptors (Lipinski definition) is 3. The topological polar surface area (TPSA) is 52.0 Å². The SMILES string of the molecule is Nc1onc(-c2cccc(I)c2)c1-c1ccc(F)cc1Cl. The zero-order valence-corrected chi connectivity index (χ0v) is 13.5. The van der Waals surface area contributed by atoms with Crippen LogP contribution < -0.4 is 5.73 Å². The van der Waals surface area contributed by atoms with E-state index in [0.717, 1.165) is 9.13 Å². The van der Waals surface area contributed by atoms with E-state index in [-0.39, 0.29) is 10.9 Å². The minimum Gasteiger partial charge on any atom is -0.367 e. The quantitative estimate of drug-likeness (QED) is 0.601. The van der Waals surface area contributed by atoms with Gasteiger partial charge in [-0.15, -0.1) is 0 Å². The predicted octanol–water partition coefficient (Wildman–Crippen LogP) is 4.99. The molecule has 3 aromatic rings. The van der Waals surface area contributed by atoms with Crippen molar-refractivity contribution in [3.63, 3.8) is 0 Å². The van der Waals surface area contributed by atoms with Crippen molar-refractivity contribution in [2.24, 2.45) is 0 Å². The molecule has 0 aliphatic carbocycles. The lowest BCUT2D eigenvalue weighted by molar-refractivity contribution is 0.439. The Morgan fingerprint density at radius 2 is 2.00 bits per heavy atom. The highest BCUT2D eigenvalue weighted by Gasteiger charge is 2.20. The summed E-state index contributed by atoms with van der Waals surface area (Å²) in [4.78, 5) is 0. The van der Waals surface area contributed by atoms with Crippen LogP contribution in [0.4, 0.5) is 10.3 Å². The Balaban J connectivity index is 2.22. The third-order valence-electron chi connectivity index (χ3n) is 3.02. The number of nitrogen functional groups attached to an aromatic ring is 1. The molecule has 1 aromatic heterocycles. The molecule has 6 heteroatoms. The summed E-state index contributed by atoms with van der Waals surface area (Å²) in [5, 5.41) is 4.27. The van der Waals surface area contributed by atoms with Crippen LogP contribution in [-0.2, 0) is 0 Å². The molecule has 0 bridgehead atoms. The van der Waals surface area contributed by atoms with Crippen LogP contribution in [0.2, 0.25) is 5.02 Å². The molecule has 0 aliphatic rings. The monoisotopic (exact) mass is 414 g/mol. The van der Waals surface area contributed by atoms with Gasteiger partial charge in [0.2, 0.25) is 5.88 Å². The number of nitrogens with zero attached hydrogens (tertiary/aromatic N) is 1. The smallest absolute Gasteiger partial charge is 0.230 e. The number of aromatic nitrogens is 1. The average Bonchev–Trinajstić information content (AvgIpc) is 2.81. The lowest BCUT2D eigenvalue weighted by Gasteiger charge is -2.05. The molecule has 2 aromatic carbocycles. The predicted molar refractivity (Wildman–Crippen MR) is 89.5 cm³/mol. The maximum atomic E-state index is 13.2. The molecule has 3 nitrogen and oxygen atoms in total. The van der Waals surface area contributed by atoms with Crippen molar-refractivity contribution in [3.8, 4) is 22.4 Å². The van der Waals surface area contributed by atoms with Crippen molar-refractivity contribution in [3.05, 3.63) is 56.9 Å². The van der Waals surface area contributed by atoms with Crippen LogP contribution in [0.1, 0.15) is 0 Å². The molecule has 0 spiro atoms. The first kappa shape index (κ1) is 14.3. The maximum absolute atomic E-state index is 13.2. The zero-order chi connectivity index (χ0) is 15.0. The van der Waals surface area contributed by atoms with Gasteiger partial charge in [-0.1, -0.05) is 28.9 Å². The average molecular weight is 415 g/mol. The summed E-state index contributed by atoms with van der Waals surface area (Å²) in [5.74, 6) is -0.257. The van der Waals surface area contributed by atoms with E-state index in [1.807, 2.05) is 24.3 Å². The molecule has 0 amide bonds. The van der Waals surface area contributed by atoms with Gasteiger partial charge >= 0.3 is 0 Å². The molecule has 0 fully saturated rings. The Kier molecular flexibility index (Phi) is 3.86. The van der Waals surface area contributed by atoms with Crippen molar-refractivity contribution in [2.45, 2.75) is 0 Å².